The zero-order chi connectivity index (χ0) is 18.4. The second-order valence-electron chi connectivity index (χ2n) is 6.30. The fourth-order valence-corrected chi connectivity index (χ4v) is 2.95. The number of phenols is 1. The van der Waals surface area contributed by atoms with E-state index in [1.165, 1.54) is 0 Å². The number of fused-ring (bicyclic) bond motifs is 1. The molecule has 1 aliphatic heterocycles. The first-order valence-corrected chi connectivity index (χ1v) is 8.92. The first kappa shape index (κ1) is 18.2. The molecule has 8 heteroatoms. The quantitative estimate of drug-likeness (QED) is 0.530. The van der Waals surface area contributed by atoms with Gasteiger partial charge in [-0.25, -0.2) is 14.7 Å². The van der Waals surface area contributed by atoms with Crippen LogP contribution in [0.5, 0.6) is 5.75 Å². The van der Waals surface area contributed by atoms with Crippen molar-refractivity contribution in [2.75, 3.05) is 13.7 Å². The number of hydrogen-bond donors (Lipinski definition) is 3. The van der Waals surface area contributed by atoms with Crippen LogP contribution < -0.4 is 10.6 Å². The van der Waals surface area contributed by atoms with E-state index in [4.69, 9.17) is 4.74 Å². The number of guanidine groups is 1. The van der Waals surface area contributed by atoms with Crippen LogP contribution in [0.3, 0.4) is 0 Å². The highest BCUT2D eigenvalue weighted by atomic mass is 16.5. The molecule has 8 nitrogen and oxygen atoms in total. The molecule has 0 saturated carbocycles. The molecule has 3 rings (SSSR count). The lowest BCUT2D eigenvalue weighted by Crippen LogP contribution is -2.47. The van der Waals surface area contributed by atoms with Crippen LogP contribution in [0.15, 0.2) is 29.3 Å². The predicted molar refractivity (Wildman–Crippen MR) is 98.9 cm³/mol. The molecule has 1 aromatic heterocycles. The number of rotatable bonds is 6. The molecule has 0 saturated heterocycles. The molecule has 1 aromatic carbocycles. The molecule has 140 valence electrons. The molecule has 0 aliphatic carbocycles. The molecule has 0 amide bonds. The van der Waals surface area contributed by atoms with Crippen LogP contribution in [-0.4, -0.2) is 45.5 Å². The van der Waals surface area contributed by atoms with Gasteiger partial charge in [-0.05, 0) is 31.0 Å². The maximum Gasteiger partial charge on any atom is 0.191 e. The maximum atomic E-state index is 9.37. The Morgan fingerprint density at radius 2 is 2.19 bits per heavy atom. The summed E-state index contributed by atoms with van der Waals surface area (Å²) in [6.45, 7) is 4.59. The van der Waals surface area contributed by atoms with Gasteiger partial charge < -0.3 is 20.5 Å². The van der Waals surface area contributed by atoms with E-state index in [0.29, 0.717) is 13.2 Å². The number of aryl methyl sites for hydroxylation is 1. The van der Waals surface area contributed by atoms with Crippen molar-refractivity contribution in [2.45, 2.75) is 45.5 Å². The Labute approximate surface area is 153 Å². The normalized spacial score (nSPS) is 17.0. The van der Waals surface area contributed by atoms with Crippen LogP contribution in [0.25, 0.3) is 0 Å². The van der Waals surface area contributed by atoms with Crippen LogP contribution >= 0.6 is 0 Å². The summed E-state index contributed by atoms with van der Waals surface area (Å²) in [5, 5.41) is 20.6. The number of aromatic nitrogens is 3. The second-order valence-corrected chi connectivity index (χ2v) is 6.30. The van der Waals surface area contributed by atoms with Gasteiger partial charge in [0, 0.05) is 26.1 Å². The van der Waals surface area contributed by atoms with E-state index in [9.17, 15) is 5.11 Å². The van der Waals surface area contributed by atoms with Crippen molar-refractivity contribution < 1.29 is 9.84 Å². The van der Waals surface area contributed by atoms with Crippen molar-refractivity contribution in [3.63, 3.8) is 0 Å². The molecular formula is C18H26N6O2. The van der Waals surface area contributed by atoms with E-state index in [1.54, 1.807) is 19.2 Å². The van der Waals surface area contributed by atoms with Gasteiger partial charge >= 0.3 is 0 Å². The molecule has 26 heavy (non-hydrogen) atoms. The van der Waals surface area contributed by atoms with Crippen molar-refractivity contribution in [3.05, 3.63) is 41.5 Å². The summed E-state index contributed by atoms with van der Waals surface area (Å²) < 4.78 is 7.07. The van der Waals surface area contributed by atoms with E-state index in [1.807, 2.05) is 23.7 Å². The Bertz CT molecular complexity index is 741. The fraction of sp³-hybridized carbons (Fsp3) is 0.500. The van der Waals surface area contributed by atoms with Gasteiger partial charge in [0.05, 0.1) is 13.1 Å². The Kier molecular flexibility index (Phi) is 6.06. The first-order chi connectivity index (χ1) is 12.7. The number of phenolic OH excluding ortho intramolecular Hbond substituents is 1. The molecule has 0 bridgehead atoms. The van der Waals surface area contributed by atoms with Crippen molar-refractivity contribution in [3.8, 4) is 5.75 Å². The van der Waals surface area contributed by atoms with Crippen LogP contribution in [0, 0.1) is 0 Å². The minimum absolute atomic E-state index is 0.247. The number of nitrogens with one attached hydrogen (secondary N) is 2. The summed E-state index contributed by atoms with van der Waals surface area (Å²) in [6.07, 6.45) is 1.86. The largest absolute Gasteiger partial charge is 0.508 e. The number of methoxy groups -OCH3 is 1. The Morgan fingerprint density at radius 3 is 2.92 bits per heavy atom. The van der Waals surface area contributed by atoms with E-state index in [2.05, 4.69) is 25.7 Å². The average molecular weight is 358 g/mol. The highest BCUT2D eigenvalue weighted by Gasteiger charge is 2.22. The average Bonchev–Trinajstić information content (AvgIpc) is 3.03. The van der Waals surface area contributed by atoms with E-state index < -0.39 is 0 Å². The summed E-state index contributed by atoms with van der Waals surface area (Å²) in [6, 6.07) is 7.35. The predicted octanol–water partition coefficient (Wildman–Crippen LogP) is 1.20. The Balaban J connectivity index is 1.62. The Hall–Kier alpha value is -2.61. The minimum atomic E-state index is 0.247. The van der Waals surface area contributed by atoms with Crippen molar-refractivity contribution in [2.24, 2.45) is 4.99 Å². The van der Waals surface area contributed by atoms with Crippen LogP contribution in [-0.2, 0) is 30.9 Å². The summed E-state index contributed by atoms with van der Waals surface area (Å²) in [5.41, 5.74) is 1.05. The van der Waals surface area contributed by atoms with Crippen LogP contribution in [0.1, 0.15) is 30.6 Å². The molecule has 0 spiro atoms. The standard InChI is InChI=1S/C18H26N6O2/c1-3-19-18(20-10-13-4-7-15(25)8-5-13)21-14-6-9-17-22-16(12-26-2)23-24(17)11-14/h4-5,7-8,14,25H,3,6,9-12H2,1-2H3,(H2,19,20,21). The molecule has 3 N–H and O–H groups in total. The van der Waals surface area contributed by atoms with Gasteiger partial charge in [-0.2, -0.15) is 5.10 Å². The van der Waals surface area contributed by atoms with Gasteiger partial charge in [-0.3, -0.25) is 0 Å². The third-order valence-corrected chi connectivity index (χ3v) is 4.22. The summed E-state index contributed by atoms with van der Waals surface area (Å²) in [5.74, 6) is 2.80. The zero-order valence-corrected chi connectivity index (χ0v) is 15.3. The second kappa shape index (κ2) is 8.66. The highest BCUT2D eigenvalue weighted by Crippen LogP contribution is 2.14. The van der Waals surface area contributed by atoms with Crippen LogP contribution in [0.2, 0.25) is 0 Å². The van der Waals surface area contributed by atoms with Gasteiger partial charge in [0.25, 0.3) is 0 Å². The number of ether oxygens (including phenoxy) is 1. The SMILES string of the molecule is CCNC(=NCc1ccc(O)cc1)NC1CCc2nc(COC)nn2C1. The zero-order valence-electron chi connectivity index (χ0n) is 15.3. The molecule has 0 fully saturated rings. The smallest absolute Gasteiger partial charge is 0.191 e. The number of hydrogen-bond acceptors (Lipinski definition) is 5. The van der Waals surface area contributed by atoms with Gasteiger partial charge in [0.15, 0.2) is 11.8 Å². The van der Waals surface area contributed by atoms with Gasteiger partial charge in [0.2, 0.25) is 0 Å². The fourth-order valence-electron chi connectivity index (χ4n) is 2.95. The molecule has 0 radical (unpaired) electrons. The maximum absolute atomic E-state index is 9.37. The molecule has 1 aliphatic rings. The van der Waals surface area contributed by atoms with Crippen molar-refractivity contribution >= 4 is 5.96 Å². The van der Waals surface area contributed by atoms with Gasteiger partial charge in [-0.1, -0.05) is 12.1 Å². The number of nitrogens with zero attached hydrogens (tertiary/aromatic N) is 4. The third-order valence-electron chi connectivity index (χ3n) is 4.22. The molecule has 1 atom stereocenters. The lowest BCUT2D eigenvalue weighted by Gasteiger charge is -2.25. The number of benzene rings is 1. The molecule has 2 heterocycles. The number of aliphatic imine (C=N–C) groups is 1. The lowest BCUT2D eigenvalue weighted by molar-refractivity contribution is 0.177. The number of aromatic hydroxyl groups is 1. The highest BCUT2D eigenvalue weighted by molar-refractivity contribution is 5.80. The Morgan fingerprint density at radius 1 is 1.38 bits per heavy atom. The molecule has 2 aromatic rings. The van der Waals surface area contributed by atoms with E-state index in [-0.39, 0.29) is 11.8 Å². The first-order valence-electron chi connectivity index (χ1n) is 8.92. The van der Waals surface area contributed by atoms with Crippen molar-refractivity contribution in [1.29, 1.82) is 0 Å². The van der Waals surface area contributed by atoms with Gasteiger partial charge in [0.1, 0.15) is 18.2 Å². The van der Waals surface area contributed by atoms with Crippen LogP contribution in [0.4, 0.5) is 0 Å². The topological polar surface area (TPSA) is 96.6 Å². The monoisotopic (exact) mass is 358 g/mol. The third kappa shape index (κ3) is 4.72. The van der Waals surface area contributed by atoms with Gasteiger partial charge in [-0.15, -0.1) is 0 Å². The summed E-state index contributed by atoms with van der Waals surface area (Å²) in [7, 11) is 1.65. The van der Waals surface area contributed by atoms with Crippen molar-refractivity contribution in [1.82, 2.24) is 25.4 Å². The molecule has 1 unspecified atom stereocenters. The van der Waals surface area contributed by atoms with E-state index >= 15 is 0 Å². The molecular weight excluding hydrogens is 332 g/mol. The summed E-state index contributed by atoms with van der Waals surface area (Å²) in [4.78, 5) is 9.15. The van der Waals surface area contributed by atoms with E-state index in [0.717, 1.165) is 49.1 Å². The lowest BCUT2D eigenvalue weighted by atomic mass is 10.1. The summed E-state index contributed by atoms with van der Waals surface area (Å²) >= 11 is 0. The minimum Gasteiger partial charge on any atom is -0.508 e.